The summed E-state index contributed by atoms with van der Waals surface area (Å²) in [5.74, 6) is 0. The molecule has 0 atom stereocenters. The number of rotatable bonds is 2. The highest BCUT2D eigenvalue weighted by Gasteiger charge is 2.32. The van der Waals surface area contributed by atoms with E-state index in [4.69, 9.17) is 10.0 Å². The van der Waals surface area contributed by atoms with Gasteiger partial charge in [-0.1, -0.05) is 12.1 Å². The summed E-state index contributed by atoms with van der Waals surface area (Å²) >= 11 is 0. The van der Waals surface area contributed by atoms with Crippen LogP contribution in [0.2, 0.25) is 0 Å². The second-order valence-corrected chi connectivity index (χ2v) is 2.88. The van der Waals surface area contributed by atoms with Crippen molar-refractivity contribution in [3.63, 3.8) is 0 Å². The number of alkyl halides is 3. The fourth-order valence-corrected chi connectivity index (χ4v) is 1.06. The van der Waals surface area contributed by atoms with Gasteiger partial charge in [-0.2, -0.15) is 13.2 Å². The van der Waals surface area contributed by atoms with Crippen molar-refractivity contribution >= 4 is 18.9 Å². The van der Waals surface area contributed by atoms with Crippen LogP contribution in [-0.4, -0.2) is 23.5 Å². The third-order valence-corrected chi connectivity index (χ3v) is 1.74. The molecule has 0 fully saturated rings. The molecule has 1 aromatic rings. The number of carbonyl (C=O) groups excluding carboxylic acids is 1. The van der Waals surface area contributed by atoms with Gasteiger partial charge in [-0.25, -0.2) is 0 Å². The molecule has 0 heterocycles. The van der Waals surface area contributed by atoms with Crippen molar-refractivity contribution in [3.8, 4) is 0 Å². The summed E-state index contributed by atoms with van der Waals surface area (Å²) in [5, 5.41) is 17.4. The van der Waals surface area contributed by atoms with E-state index in [2.05, 4.69) is 0 Å². The Kier molecular flexibility index (Phi) is 3.16. The van der Waals surface area contributed by atoms with Gasteiger partial charge >= 0.3 is 13.3 Å². The average molecular weight is 218 g/mol. The third-order valence-electron chi connectivity index (χ3n) is 1.74. The first-order chi connectivity index (χ1) is 6.84. The number of halogens is 3. The van der Waals surface area contributed by atoms with Crippen LogP contribution in [0.4, 0.5) is 13.2 Å². The van der Waals surface area contributed by atoms with Crippen LogP contribution < -0.4 is 5.46 Å². The van der Waals surface area contributed by atoms with Crippen molar-refractivity contribution in [2.24, 2.45) is 0 Å². The lowest BCUT2D eigenvalue weighted by molar-refractivity contribution is -0.137. The molecule has 1 rings (SSSR count). The quantitative estimate of drug-likeness (QED) is 0.550. The molecule has 0 spiro atoms. The first kappa shape index (κ1) is 11.7. The van der Waals surface area contributed by atoms with Gasteiger partial charge in [0.25, 0.3) is 0 Å². The number of benzene rings is 1. The molecule has 80 valence electrons. The fraction of sp³-hybridized carbons (Fsp3) is 0.125. The molecule has 0 amide bonds. The summed E-state index contributed by atoms with van der Waals surface area (Å²) in [7, 11) is -2.04. The topological polar surface area (TPSA) is 57.5 Å². The summed E-state index contributed by atoms with van der Waals surface area (Å²) in [4.78, 5) is 10.3. The molecule has 0 aliphatic heterocycles. The smallest absolute Gasteiger partial charge is 0.423 e. The van der Waals surface area contributed by atoms with Crippen LogP contribution in [-0.2, 0) is 6.18 Å². The minimum atomic E-state index is -4.62. The highest BCUT2D eigenvalue weighted by molar-refractivity contribution is 6.58. The molecule has 0 saturated heterocycles. The maximum atomic E-state index is 12.3. The van der Waals surface area contributed by atoms with Crippen molar-refractivity contribution in [2.75, 3.05) is 0 Å². The Morgan fingerprint density at radius 1 is 1.20 bits per heavy atom. The maximum Gasteiger partial charge on any atom is 0.488 e. The molecule has 0 aliphatic rings. The molecule has 0 radical (unpaired) electrons. The standard InChI is InChI=1S/C8H6BF3O3/c10-8(11,12)6-1-5(4-13)2-7(3-6)9(14)15/h1-4,14-15H. The highest BCUT2D eigenvalue weighted by Crippen LogP contribution is 2.28. The first-order valence-corrected chi connectivity index (χ1v) is 3.88. The Hall–Kier alpha value is -1.34. The predicted octanol–water partition coefficient (Wildman–Crippen LogP) is 0.198. The molecular formula is C8H6BF3O3. The van der Waals surface area contributed by atoms with E-state index < -0.39 is 18.9 Å². The summed E-state index contributed by atoms with van der Waals surface area (Å²) in [5.41, 5.74) is -1.71. The van der Waals surface area contributed by atoms with Crippen molar-refractivity contribution in [1.29, 1.82) is 0 Å². The van der Waals surface area contributed by atoms with Gasteiger partial charge in [0.05, 0.1) is 5.56 Å². The minimum Gasteiger partial charge on any atom is -0.423 e. The van der Waals surface area contributed by atoms with Crippen LogP contribution in [0.15, 0.2) is 18.2 Å². The number of carbonyl (C=O) groups is 1. The van der Waals surface area contributed by atoms with E-state index in [-0.39, 0.29) is 17.3 Å². The van der Waals surface area contributed by atoms with Crippen molar-refractivity contribution in [1.82, 2.24) is 0 Å². The Morgan fingerprint density at radius 3 is 2.20 bits per heavy atom. The molecule has 1 aromatic carbocycles. The van der Waals surface area contributed by atoms with Gasteiger partial charge in [0.1, 0.15) is 6.29 Å². The van der Waals surface area contributed by atoms with E-state index in [1.54, 1.807) is 0 Å². The number of hydrogen-bond donors (Lipinski definition) is 2. The zero-order chi connectivity index (χ0) is 11.6. The van der Waals surface area contributed by atoms with Crippen molar-refractivity contribution in [2.45, 2.75) is 6.18 Å². The Bertz CT molecular complexity index is 376. The fourth-order valence-electron chi connectivity index (χ4n) is 1.06. The van der Waals surface area contributed by atoms with Crippen LogP contribution in [0.3, 0.4) is 0 Å². The van der Waals surface area contributed by atoms with Gasteiger partial charge in [0.2, 0.25) is 0 Å². The molecule has 0 unspecified atom stereocenters. The summed E-state index contributed by atoms with van der Waals surface area (Å²) in [6, 6.07) is 2.20. The largest absolute Gasteiger partial charge is 0.488 e. The van der Waals surface area contributed by atoms with Crippen LogP contribution in [0, 0.1) is 0 Å². The molecule has 2 N–H and O–H groups in total. The summed E-state index contributed by atoms with van der Waals surface area (Å²) < 4.78 is 36.8. The zero-order valence-electron chi connectivity index (χ0n) is 7.32. The van der Waals surface area contributed by atoms with E-state index in [9.17, 15) is 18.0 Å². The first-order valence-electron chi connectivity index (χ1n) is 3.88. The molecule has 7 heteroatoms. The predicted molar refractivity (Wildman–Crippen MR) is 46.7 cm³/mol. The van der Waals surface area contributed by atoms with Gasteiger partial charge in [0, 0.05) is 5.56 Å². The van der Waals surface area contributed by atoms with Crippen LogP contribution in [0.25, 0.3) is 0 Å². The lowest BCUT2D eigenvalue weighted by Gasteiger charge is -2.09. The van der Waals surface area contributed by atoms with E-state index in [0.717, 1.165) is 6.07 Å². The Morgan fingerprint density at radius 2 is 1.80 bits per heavy atom. The van der Waals surface area contributed by atoms with Crippen molar-refractivity contribution < 1.29 is 28.0 Å². The van der Waals surface area contributed by atoms with Gasteiger partial charge in [0.15, 0.2) is 0 Å². The van der Waals surface area contributed by atoms with E-state index in [1.807, 2.05) is 0 Å². The molecule has 15 heavy (non-hydrogen) atoms. The van der Waals surface area contributed by atoms with Gasteiger partial charge in [-0.3, -0.25) is 4.79 Å². The lowest BCUT2D eigenvalue weighted by Crippen LogP contribution is -2.31. The van der Waals surface area contributed by atoms with Crippen LogP contribution in [0.1, 0.15) is 15.9 Å². The molecule has 0 aliphatic carbocycles. The van der Waals surface area contributed by atoms with E-state index in [0.29, 0.717) is 12.1 Å². The molecule has 0 bridgehead atoms. The van der Waals surface area contributed by atoms with Gasteiger partial charge < -0.3 is 10.0 Å². The Balaban J connectivity index is 3.29. The maximum absolute atomic E-state index is 12.3. The monoisotopic (exact) mass is 218 g/mol. The Labute approximate surface area is 83.3 Å². The lowest BCUT2D eigenvalue weighted by atomic mass is 9.78. The van der Waals surface area contributed by atoms with Gasteiger partial charge in [-0.05, 0) is 11.5 Å². The SMILES string of the molecule is O=Cc1cc(B(O)O)cc(C(F)(F)F)c1. The second-order valence-electron chi connectivity index (χ2n) is 2.88. The van der Waals surface area contributed by atoms with E-state index >= 15 is 0 Å². The number of hydrogen-bond acceptors (Lipinski definition) is 3. The molecule has 0 aromatic heterocycles. The number of aldehydes is 1. The zero-order valence-corrected chi connectivity index (χ0v) is 7.32. The average Bonchev–Trinajstić information content (AvgIpc) is 2.15. The summed E-state index contributed by atoms with van der Waals surface area (Å²) in [6.45, 7) is 0. The highest BCUT2D eigenvalue weighted by atomic mass is 19.4. The van der Waals surface area contributed by atoms with Gasteiger partial charge in [-0.15, -0.1) is 0 Å². The second kappa shape index (κ2) is 4.04. The van der Waals surface area contributed by atoms with Crippen molar-refractivity contribution in [3.05, 3.63) is 29.3 Å². The third kappa shape index (κ3) is 2.80. The minimum absolute atomic E-state index is 0.209. The van der Waals surface area contributed by atoms with E-state index in [1.165, 1.54) is 0 Å². The normalized spacial score (nSPS) is 11.3. The van der Waals surface area contributed by atoms with Crippen LogP contribution >= 0.6 is 0 Å². The van der Waals surface area contributed by atoms with Crippen LogP contribution in [0.5, 0.6) is 0 Å². The summed E-state index contributed by atoms with van der Waals surface area (Å²) in [6.07, 6.45) is -4.41. The molecule has 3 nitrogen and oxygen atoms in total. The molecular weight excluding hydrogens is 212 g/mol. The molecule has 0 saturated carbocycles.